The molecule has 1 heterocycles. The highest BCUT2D eigenvalue weighted by atomic mass is 19.4. The maximum Gasteiger partial charge on any atom is 0.416 e. The third-order valence-corrected chi connectivity index (χ3v) is 7.94. The van der Waals surface area contributed by atoms with E-state index in [0.717, 1.165) is 24.3 Å². The number of rotatable bonds is 2. The Morgan fingerprint density at radius 3 is 1.23 bits per heavy atom. The third-order valence-electron chi connectivity index (χ3n) is 7.94. The van der Waals surface area contributed by atoms with Gasteiger partial charge in [0.2, 0.25) is 12.4 Å². The average Bonchev–Trinajstić information content (AvgIpc) is 3.50. The van der Waals surface area contributed by atoms with E-state index in [0.29, 0.717) is 33.7 Å². The second-order valence-electron chi connectivity index (χ2n) is 10.6. The number of nitrogens with zero attached hydrogens (tertiary/aromatic N) is 6. The van der Waals surface area contributed by atoms with Gasteiger partial charge in [-0.3, -0.25) is 0 Å². The van der Waals surface area contributed by atoms with Gasteiger partial charge in [0, 0.05) is 32.7 Å². The Balaban J connectivity index is 1.46. The first kappa shape index (κ1) is 30.4. The highest BCUT2D eigenvalue weighted by Crippen LogP contribution is 2.37. The second-order valence-corrected chi connectivity index (χ2v) is 10.6. The van der Waals surface area contributed by atoms with Gasteiger partial charge >= 0.3 is 12.4 Å². The Bertz CT molecular complexity index is 2520. The van der Waals surface area contributed by atoms with E-state index in [1.165, 1.54) is 36.4 Å². The lowest BCUT2D eigenvalue weighted by molar-refractivity contribution is -0.138. The lowest BCUT2D eigenvalue weighted by atomic mass is 10.0. The van der Waals surface area contributed by atoms with Gasteiger partial charge in [-0.1, -0.05) is 36.4 Å². The highest BCUT2D eigenvalue weighted by molar-refractivity contribution is 6.15. The van der Waals surface area contributed by atoms with Crippen molar-refractivity contribution in [3.63, 3.8) is 0 Å². The molecule has 6 nitrogen and oxygen atoms in total. The first-order valence-corrected chi connectivity index (χ1v) is 13.7. The standard InChI is InChI=1S/C34H12F8N6/c35-25-11-17(33(37,38)39)3-7-19(25)15-1-5-21-23(9-15)27(45-13-43)31-29(21)47-32-28(46-14-44)24-10-16(2-6-22(24)30(32)48-31)20-8-4-18(12-26(20)36)34(40,41)42/h1-12H. The molecule has 6 aromatic carbocycles. The van der Waals surface area contributed by atoms with Crippen molar-refractivity contribution in [1.82, 2.24) is 9.97 Å². The zero-order valence-corrected chi connectivity index (χ0v) is 23.6. The molecule has 0 aliphatic rings. The van der Waals surface area contributed by atoms with E-state index in [4.69, 9.17) is 9.97 Å². The molecule has 234 valence electrons. The molecule has 0 saturated carbocycles. The van der Waals surface area contributed by atoms with Crippen LogP contribution in [0.1, 0.15) is 11.1 Å². The van der Waals surface area contributed by atoms with Crippen LogP contribution in [0.25, 0.3) is 65.9 Å². The van der Waals surface area contributed by atoms with Crippen molar-refractivity contribution >= 4 is 43.6 Å². The molecule has 0 atom stereocenters. The van der Waals surface area contributed by atoms with Crippen LogP contribution in [0.3, 0.4) is 0 Å². The first-order valence-electron chi connectivity index (χ1n) is 13.7. The number of fused-ring (bicyclic) bond motifs is 6. The molecule has 7 aromatic rings. The van der Waals surface area contributed by atoms with Gasteiger partial charge in [-0.05, 0) is 47.5 Å². The normalized spacial score (nSPS) is 13.2. The molecule has 0 aliphatic heterocycles. The highest BCUT2D eigenvalue weighted by Gasteiger charge is 2.32. The molecule has 0 fully saturated rings. The van der Waals surface area contributed by atoms with Crippen LogP contribution in [0.4, 0.5) is 35.1 Å². The summed E-state index contributed by atoms with van der Waals surface area (Å²) in [6.07, 6.45) is -6.09. The van der Waals surface area contributed by atoms with Gasteiger partial charge in [0.15, 0.2) is 0 Å². The Morgan fingerprint density at radius 1 is 0.500 bits per heavy atom. The summed E-state index contributed by atoms with van der Waals surface area (Å²) in [6.45, 7) is 0. The van der Waals surface area contributed by atoms with Crippen LogP contribution in [0, 0.1) is 34.5 Å². The molecule has 0 bridgehead atoms. The van der Waals surface area contributed by atoms with Crippen molar-refractivity contribution in [2.45, 2.75) is 12.4 Å². The van der Waals surface area contributed by atoms with E-state index in [1.54, 1.807) is 12.4 Å². The zero-order valence-electron chi connectivity index (χ0n) is 23.6. The molecule has 1 aromatic heterocycles. The molecular formula is C34H12F8N6. The van der Waals surface area contributed by atoms with Crippen molar-refractivity contribution in [3.05, 3.63) is 106 Å². The van der Waals surface area contributed by atoms with Gasteiger partial charge in [-0.15, -0.1) is 0 Å². The van der Waals surface area contributed by atoms with Crippen LogP contribution in [-0.2, 0) is 12.4 Å². The van der Waals surface area contributed by atoms with Crippen LogP contribution in [0.2, 0.25) is 0 Å². The van der Waals surface area contributed by atoms with Crippen molar-refractivity contribution in [2.75, 3.05) is 0 Å². The van der Waals surface area contributed by atoms with Gasteiger partial charge in [0.05, 0.1) is 22.2 Å². The molecule has 14 heteroatoms. The minimum absolute atomic E-state index is 0.0580. The summed E-state index contributed by atoms with van der Waals surface area (Å²) in [4.78, 5) is 17.2. The lowest BCUT2D eigenvalue weighted by Gasteiger charge is -2.09. The molecule has 0 aliphatic carbocycles. The van der Waals surface area contributed by atoms with Gasteiger partial charge < -0.3 is 0 Å². The number of halogens is 8. The molecule has 48 heavy (non-hydrogen) atoms. The molecule has 0 radical (unpaired) electrons. The predicted molar refractivity (Wildman–Crippen MR) is 158 cm³/mol. The minimum Gasteiger partial charge on any atom is -0.241 e. The fourth-order valence-corrected chi connectivity index (χ4v) is 5.80. The Kier molecular flexibility index (Phi) is 6.73. The summed E-state index contributed by atoms with van der Waals surface area (Å²) in [5.74, 6) is -2.22. The Hall–Kier alpha value is -6.28. The second kappa shape index (κ2) is 10.6. The molecular weight excluding hydrogens is 644 g/mol. The number of aromatic nitrogens is 2. The number of alkyl halides is 6. The van der Waals surface area contributed by atoms with Gasteiger partial charge in [0.1, 0.15) is 33.4 Å². The van der Waals surface area contributed by atoms with Crippen molar-refractivity contribution < 1.29 is 35.1 Å². The summed E-state index contributed by atoms with van der Waals surface area (Å²) in [6, 6.07) is 13.2. The molecule has 0 saturated heterocycles. The van der Waals surface area contributed by atoms with E-state index in [9.17, 15) is 45.6 Å². The van der Waals surface area contributed by atoms with E-state index in [2.05, 4.69) is 9.98 Å². The SMILES string of the molecule is N#CN=c1c2cc(-c3ccc(C(F)(F)F)cc3F)ccc2c2nc3c(=NC#N)c4cc(-c5ccc(C(F)(F)F)cc5F)ccc4c3nc12. The van der Waals surface area contributed by atoms with E-state index < -0.39 is 35.1 Å². The summed E-state index contributed by atoms with van der Waals surface area (Å²) in [5.41, 5.74) is -1.41. The fourth-order valence-electron chi connectivity index (χ4n) is 5.80. The largest absolute Gasteiger partial charge is 0.416 e. The smallest absolute Gasteiger partial charge is 0.241 e. The monoisotopic (exact) mass is 656 g/mol. The van der Waals surface area contributed by atoms with E-state index in [-0.39, 0.29) is 55.0 Å². The molecule has 0 spiro atoms. The maximum atomic E-state index is 14.9. The predicted octanol–water partition coefficient (Wildman–Crippen LogP) is 8.38. The molecule has 0 N–H and O–H groups in total. The summed E-state index contributed by atoms with van der Waals surface area (Å²) in [5, 5.41) is 20.5. The fraction of sp³-hybridized carbons (Fsp3) is 0.0588. The number of hydrogen-bond donors (Lipinski definition) is 0. The van der Waals surface area contributed by atoms with E-state index in [1.807, 2.05) is 0 Å². The quantitative estimate of drug-likeness (QED) is 0.138. The van der Waals surface area contributed by atoms with E-state index >= 15 is 0 Å². The maximum absolute atomic E-state index is 14.9. The number of nitriles is 2. The molecule has 0 unspecified atom stereocenters. The summed E-state index contributed by atoms with van der Waals surface area (Å²) in [7, 11) is 0. The van der Waals surface area contributed by atoms with Gasteiger partial charge in [0.25, 0.3) is 0 Å². The van der Waals surface area contributed by atoms with Gasteiger partial charge in [-0.2, -0.15) is 46.9 Å². The number of hydrogen-bond acceptors (Lipinski definition) is 6. The molecule has 0 amide bonds. The first-order chi connectivity index (χ1) is 22.8. The van der Waals surface area contributed by atoms with Crippen LogP contribution >= 0.6 is 0 Å². The lowest BCUT2D eigenvalue weighted by Crippen LogP contribution is -2.05. The van der Waals surface area contributed by atoms with Crippen LogP contribution in [0.5, 0.6) is 0 Å². The Morgan fingerprint density at radius 2 is 0.896 bits per heavy atom. The Labute approximate surface area is 262 Å². The minimum atomic E-state index is -4.74. The van der Waals surface area contributed by atoms with Gasteiger partial charge in [-0.25, -0.2) is 18.7 Å². The van der Waals surface area contributed by atoms with Crippen LogP contribution in [0.15, 0.2) is 82.8 Å². The topological polar surface area (TPSA) is 98.1 Å². The third kappa shape index (κ3) is 4.77. The van der Waals surface area contributed by atoms with Crippen molar-refractivity contribution in [1.29, 1.82) is 10.5 Å². The zero-order chi connectivity index (χ0) is 34.1. The summed E-state index contributed by atoms with van der Waals surface area (Å²) >= 11 is 0. The van der Waals surface area contributed by atoms with Crippen LogP contribution < -0.4 is 10.7 Å². The van der Waals surface area contributed by atoms with Crippen molar-refractivity contribution in [2.24, 2.45) is 9.98 Å². The molecule has 7 rings (SSSR count). The average molecular weight is 656 g/mol. The summed E-state index contributed by atoms with van der Waals surface area (Å²) < 4.78 is 108. The van der Waals surface area contributed by atoms with Crippen LogP contribution in [-0.4, -0.2) is 9.97 Å². The number of benzene rings is 4. The van der Waals surface area contributed by atoms with Crippen molar-refractivity contribution in [3.8, 4) is 34.6 Å².